The molecule has 0 aliphatic carbocycles. The van der Waals surface area contributed by atoms with Gasteiger partial charge < -0.3 is 10.2 Å². The van der Waals surface area contributed by atoms with Crippen LogP contribution >= 0.6 is 11.3 Å². The summed E-state index contributed by atoms with van der Waals surface area (Å²) in [6, 6.07) is 10.5. The van der Waals surface area contributed by atoms with Crippen molar-refractivity contribution in [1.82, 2.24) is 14.8 Å². The van der Waals surface area contributed by atoms with Crippen LogP contribution in [0.2, 0.25) is 0 Å². The molecule has 1 fully saturated rings. The average molecular weight is 359 g/mol. The minimum absolute atomic E-state index is 0.248. The van der Waals surface area contributed by atoms with Crippen LogP contribution in [-0.4, -0.2) is 46.9 Å². The van der Waals surface area contributed by atoms with Crippen molar-refractivity contribution in [2.24, 2.45) is 0 Å². The molecule has 3 rings (SSSR count). The van der Waals surface area contributed by atoms with Gasteiger partial charge in [-0.1, -0.05) is 37.3 Å². The lowest BCUT2D eigenvalue weighted by molar-refractivity contribution is -0.133. The fraction of sp³-hybridized carbons (Fsp3) is 0.474. The highest BCUT2D eigenvalue weighted by Gasteiger charge is 2.28. The van der Waals surface area contributed by atoms with Gasteiger partial charge in [0.05, 0.1) is 5.69 Å². The third-order valence-electron chi connectivity index (χ3n) is 4.69. The number of nitrogens with one attached hydrogen (secondary N) is 1. The smallest absolute Gasteiger partial charge is 0.224 e. The molecule has 5 nitrogen and oxygen atoms in total. The predicted octanol–water partition coefficient (Wildman–Crippen LogP) is 3.20. The normalized spacial score (nSPS) is 19.0. The van der Waals surface area contributed by atoms with E-state index in [9.17, 15) is 4.79 Å². The van der Waals surface area contributed by atoms with E-state index in [1.165, 1.54) is 5.56 Å². The third kappa shape index (κ3) is 4.58. The number of aromatic nitrogens is 1. The third-order valence-corrected chi connectivity index (χ3v) is 5.60. The molecule has 0 unspecified atom stereocenters. The van der Waals surface area contributed by atoms with Crippen LogP contribution in [0.15, 0.2) is 35.7 Å². The molecule has 1 amide bonds. The zero-order chi connectivity index (χ0) is 17.6. The first-order valence-corrected chi connectivity index (χ1v) is 9.75. The summed E-state index contributed by atoms with van der Waals surface area (Å²) < 4.78 is 0. The van der Waals surface area contributed by atoms with E-state index in [1.807, 2.05) is 25.2 Å². The Morgan fingerprint density at radius 2 is 2.08 bits per heavy atom. The van der Waals surface area contributed by atoms with E-state index in [0.29, 0.717) is 13.0 Å². The molecule has 1 aliphatic heterocycles. The first-order valence-electron chi connectivity index (χ1n) is 8.87. The highest BCUT2D eigenvalue weighted by atomic mass is 32.1. The summed E-state index contributed by atoms with van der Waals surface area (Å²) in [5.74, 6) is 0.257. The fourth-order valence-corrected chi connectivity index (χ4v) is 3.97. The molecule has 0 bridgehead atoms. The lowest BCUT2D eigenvalue weighted by atomic mass is 10.1. The molecule has 25 heavy (non-hydrogen) atoms. The summed E-state index contributed by atoms with van der Waals surface area (Å²) >= 11 is 1.63. The molecule has 1 atom stereocenters. The van der Waals surface area contributed by atoms with E-state index in [1.54, 1.807) is 11.3 Å². The zero-order valence-corrected chi connectivity index (χ0v) is 15.8. The van der Waals surface area contributed by atoms with Gasteiger partial charge in [-0.25, -0.2) is 4.98 Å². The molecule has 1 aliphatic rings. The van der Waals surface area contributed by atoms with Gasteiger partial charge in [-0.15, -0.1) is 11.3 Å². The second kappa shape index (κ2) is 8.45. The lowest BCUT2D eigenvalue weighted by Gasteiger charge is -2.31. The predicted molar refractivity (Wildman–Crippen MR) is 103 cm³/mol. The Balaban J connectivity index is 1.69. The fourth-order valence-electron chi connectivity index (χ4n) is 3.30. The van der Waals surface area contributed by atoms with Gasteiger partial charge in [0.1, 0.15) is 0 Å². The Kier molecular flexibility index (Phi) is 6.04. The van der Waals surface area contributed by atoms with Crippen molar-refractivity contribution >= 4 is 22.4 Å². The topological polar surface area (TPSA) is 48.5 Å². The van der Waals surface area contributed by atoms with Gasteiger partial charge in [-0.2, -0.15) is 0 Å². The second-order valence-electron chi connectivity index (χ2n) is 6.45. The van der Waals surface area contributed by atoms with Gasteiger partial charge in [-0.05, 0) is 12.0 Å². The summed E-state index contributed by atoms with van der Waals surface area (Å²) in [7, 11) is 1.89. The maximum Gasteiger partial charge on any atom is 0.224 e. The van der Waals surface area contributed by atoms with E-state index in [0.717, 1.165) is 36.9 Å². The van der Waals surface area contributed by atoms with E-state index >= 15 is 0 Å². The summed E-state index contributed by atoms with van der Waals surface area (Å²) in [4.78, 5) is 21.7. The Hall–Kier alpha value is -1.92. The Bertz CT molecular complexity index is 688. The zero-order valence-electron chi connectivity index (χ0n) is 14.9. The SMILES string of the molecule is CC[C@H]1CN(Cc2csc(NC)n2)CCC(=O)N1Cc1ccccc1. The largest absolute Gasteiger partial charge is 0.365 e. The molecular weight excluding hydrogens is 332 g/mol. The van der Waals surface area contributed by atoms with E-state index < -0.39 is 0 Å². The number of thiazole rings is 1. The minimum atomic E-state index is 0.248. The first-order chi connectivity index (χ1) is 12.2. The van der Waals surface area contributed by atoms with Crippen molar-refractivity contribution in [3.8, 4) is 0 Å². The van der Waals surface area contributed by atoms with Gasteiger partial charge in [0.15, 0.2) is 5.13 Å². The van der Waals surface area contributed by atoms with Crippen molar-refractivity contribution < 1.29 is 4.79 Å². The lowest BCUT2D eigenvalue weighted by Crippen LogP contribution is -2.42. The summed E-state index contributed by atoms with van der Waals surface area (Å²) in [5, 5.41) is 6.13. The van der Waals surface area contributed by atoms with Crippen molar-refractivity contribution in [3.63, 3.8) is 0 Å². The molecule has 0 saturated carbocycles. The molecule has 2 aromatic rings. The number of hydrogen-bond donors (Lipinski definition) is 1. The van der Waals surface area contributed by atoms with E-state index in [-0.39, 0.29) is 11.9 Å². The maximum atomic E-state index is 12.7. The number of rotatable bonds is 6. The van der Waals surface area contributed by atoms with Crippen molar-refractivity contribution in [2.75, 3.05) is 25.5 Å². The molecule has 1 N–H and O–H groups in total. The molecule has 134 valence electrons. The molecule has 2 heterocycles. The van der Waals surface area contributed by atoms with E-state index in [4.69, 9.17) is 0 Å². The number of anilines is 1. The highest BCUT2D eigenvalue weighted by molar-refractivity contribution is 7.13. The molecule has 1 saturated heterocycles. The van der Waals surface area contributed by atoms with Gasteiger partial charge >= 0.3 is 0 Å². The standard InChI is InChI=1S/C19H26N4OS/c1-3-17-13-22(12-16-14-25-19(20-2)21-16)10-9-18(24)23(17)11-15-7-5-4-6-8-15/h4-8,14,17H,3,9-13H2,1-2H3,(H,20,21)/t17-/m0/s1. The number of nitrogens with zero attached hydrogens (tertiary/aromatic N) is 3. The molecule has 6 heteroatoms. The minimum Gasteiger partial charge on any atom is -0.365 e. The van der Waals surface area contributed by atoms with Crippen molar-refractivity contribution in [2.45, 2.75) is 38.9 Å². The van der Waals surface area contributed by atoms with Crippen LogP contribution in [0.4, 0.5) is 5.13 Å². The maximum absolute atomic E-state index is 12.7. The quantitative estimate of drug-likeness (QED) is 0.861. The Labute approximate surface area is 153 Å². The number of amides is 1. The monoisotopic (exact) mass is 358 g/mol. The summed E-state index contributed by atoms with van der Waals surface area (Å²) in [6.45, 7) is 5.38. The van der Waals surface area contributed by atoms with Crippen LogP contribution < -0.4 is 5.32 Å². The molecule has 0 radical (unpaired) electrons. The second-order valence-corrected chi connectivity index (χ2v) is 7.31. The molecule has 1 aromatic carbocycles. The van der Waals surface area contributed by atoms with Crippen LogP contribution in [0.25, 0.3) is 0 Å². The number of carbonyl (C=O) groups excluding carboxylic acids is 1. The Morgan fingerprint density at radius 1 is 1.28 bits per heavy atom. The van der Waals surface area contributed by atoms with Gasteiger partial charge in [0.25, 0.3) is 0 Å². The Morgan fingerprint density at radius 3 is 2.76 bits per heavy atom. The summed E-state index contributed by atoms with van der Waals surface area (Å²) in [5.41, 5.74) is 2.27. The van der Waals surface area contributed by atoms with Gasteiger partial charge in [0, 0.05) is 51.1 Å². The molecule has 0 spiro atoms. The van der Waals surface area contributed by atoms with Crippen molar-refractivity contribution in [1.29, 1.82) is 0 Å². The summed E-state index contributed by atoms with van der Waals surface area (Å²) in [6.07, 6.45) is 1.54. The van der Waals surface area contributed by atoms with Crippen molar-refractivity contribution in [3.05, 3.63) is 47.0 Å². The number of hydrogen-bond acceptors (Lipinski definition) is 5. The average Bonchev–Trinajstić information content (AvgIpc) is 3.04. The van der Waals surface area contributed by atoms with Crippen LogP contribution in [0, 0.1) is 0 Å². The van der Waals surface area contributed by atoms with Crippen LogP contribution in [0.1, 0.15) is 31.0 Å². The first kappa shape index (κ1) is 17.9. The van der Waals surface area contributed by atoms with Gasteiger partial charge in [0.2, 0.25) is 5.91 Å². The van der Waals surface area contributed by atoms with Crippen LogP contribution in [0.3, 0.4) is 0 Å². The van der Waals surface area contributed by atoms with Gasteiger partial charge in [-0.3, -0.25) is 9.69 Å². The molecule has 1 aromatic heterocycles. The van der Waals surface area contributed by atoms with Crippen LogP contribution in [-0.2, 0) is 17.9 Å². The van der Waals surface area contributed by atoms with Crippen LogP contribution in [0.5, 0.6) is 0 Å². The van der Waals surface area contributed by atoms with E-state index in [2.05, 4.69) is 44.5 Å². The number of carbonyl (C=O) groups is 1. The highest BCUT2D eigenvalue weighted by Crippen LogP contribution is 2.21. The number of benzene rings is 1. The molecular formula is C19H26N4OS.